The van der Waals surface area contributed by atoms with Gasteiger partial charge in [-0.05, 0) is 18.4 Å². The van der Waals surface area contributed by atoms with Crippen molar-refractivity contribution >= 4 is 11.6 Å². The Balaban J connectivity index is 2.48. The van der Waals surface area contributed by atoms with E-state index < -0.39 is 17.5 Å². The van der Waals surface area contributed by atoms with E-state index in [4.69, 9.17) is 5.73 Å². The Hall–Kier alpha value is -1.65. The zero-order chi connectivity index (χ0) is 14.4. The van der Waals surface area contributed by atoms with Gasteiger partial charge in [-0.25, -0.2) is 8.78 Å². The van der Waals surface area contributed by atoms with Crippen molar-refractivity contribution in [3.63, 3.8) is 0 Å². The first-order valence-corrected chi connectivity index (χ1v) is 6.44. The molecule has 0 radical (unpaired) electrons. The van der Waals surface area contributed by atoms with Gasteiger partial charge >= 0.3 is 0 Å². The average molecular weight is 270 g/mol. The molecule has 1 rings (SSSR count). The molecule has 0 aliphatic rings. The summed E-state index contributed by atoms with van der Waals surface area (Å²) in [6.45, 7) is 4.74. The number of halogens is 2. The third-order valence-corrected chi connectivity index (χ3v) is 2.82. The van der Waals surface area contributed by atoms with Crippen LogP contribution < -0.4 is 11.1 Å². The van der Waals surface area contributed by atoms with Gasteiger partial charge in [0.15, 0.2) is 0 Å². The Kier molecular flexibility index (Phi) is 5.73. The number of hydrogen-bond donors (Lipinski definition) is 2. The Morgan fingerprint density at radius 1 is 1.26 bits per heavy atom. The van der Waals surface area contributed by atoms with Crippen LogP contribution >= 0.6 is 0 Å². The second kappa shape index (κ2) is 7.07. The maximum absolute atomic E-state index is 13.4. The van der Waals surface area contributed by atoms with Crippen LogP contribution in [0.2, 0.25) is 0 Å². The predicted octanol–water partition coefficient (Wildman–Crippen LogP) is 3.10. The molecular weight excluding hydrogens is 250 g/mol. The summed E-state index contributed by atoms with van der Waals surface area (Å²) in [4.78, 5) is 11.7. The van der Waals surface area contributed by atoms with Gasteiger partial charge in [0.2, 0.25) is 0 Å². The number of unbranched alkanes of at least 4 members (excludes halogenated alkanes) is 1. The lowest BCUT2D eigenvalue weighted by atomic mass is 10.1. The van der Waals surface area contributed by atoms with Crippen LogP contribution in [0, 0.1) is 17.6 Å². The van der Waals surface area contributed by atoms with Crippen LogP contribution in [-0.4, -0.2) is 12.5 Å². The summed E-state index contributed by atoms with van der Waals surface area (Å²) in [6, 6.07) is 1.65. The fraction of sp³-hybridized carbons (Fsp3) is 0.500. The normalized spacial score (nSPS) is 10.8. The van der Waals surface area contributed by atoms with Crippen molar-refractivity contribution in [3.05, 3.63) is 29.3 Å². The minimum atomic E-state index is -0.897. The van der Waals surface area contributed by atoms with Crippen molar-refractivity contribution in [3.8, 4) is 0 Å². The summed E-state index contributed by atoms with van der Waals surface area (Å²) in [5.41, 5.74) is 4.87. The second-order valence-corrected chi connectivity index (χ2v) is 5.00. The molecule has 0 atom stereocenters. The maximum atomic E-state index is 13.4. The van der Waals surface area contributed by atoms with Crippen LogP contribution in [-0.2, 0) is 0 Å². The first-order chi connectivity index (χ1) is 8.91. The Morgan fingerprint density at radius 2 is 1.95 bits per heavy atom. The first-order valence-electron chi connectivity index (χ1n) is 6.44. The zero-order valence-electron chi connectivity index (χ0n) is 11.3. The van der Waals surface area contributed by atoms with Crippen LogP contribution in [0.25, 0.3) is 0 Å². The third kappa shape index (κ3) is 4.85. The molecule has 5 heteroatoms. The zero-order valence-corrected chi connectivity index (χ0v) is 11.3. The number of amides is 1. The molecule has 0 aromatic heterocycles. The van der Waals surface area contributed by atoms with E-state index in [0.29, 0.717) is 18.5 Å². The molecule has 0 heterocycles. The van der Waals surface area contributed by atoms with Crippen molar-refractivity contribution in [1.29, 1.82) is 0 Å². The van der Waals surface area contributed by atoms with Crippen LogP contribution in [0.5, 0.6) is 0 Å². The minimum Gasteiger partial charge on any atom is -0.396 e. The largest absolute Gasteiger partial charge is 0.396 e. The molecule has 1 amide bonds. The predicted molar refractivity (Wildman–Crippen MR) is 71.8 cm³/mol. The number of anilines is 1. The molecule has 1 aromatic rings. The lowest BCUT2D eigenvalue weighted by molar-refractivity contribution is 0.0949. The van der Waals surface area contributed by atoms with E-state index in [1.165, 1.54) is 0 Å². The smallest absolute Gasteiger partial charge is 0.254 e. The van der Waals surface area contributed by atoms with Gasteiger partial charge in [0.1, 0.15) is 11.6 Å². The molecule has 0 unspecified atom stereocenters. The van der Waals surface area contributed by atoms with Gasteiger partial charge in [0.05, 0.1) is 11.3 Å². The molecule has 1 aromatic carbocycles. The molecule has 3 N–H and O–H groups in total. The fourth-order valence-electron chi connectivity index (χ4n) is 1.71. The Morgan fingerprint density at radius 3 is 2.58 bits per heavy atom. The molecule has 106 valence electrons. The van der Waals surface area contributed by atoms with Crippen molar-refractivity contribution in [2.24, 2.45) is 5.92 Å². The highest BCUT2D eigenvalue weighted by atomic mass is 19.1. The molecule has 19 heavy (non-hydrogen) atoms. The fourth-order valence-corrected chi connectivity index (χ4v) is 1.71. The van der Waals surface area contributed by atoms with E-state index in [-0.39, 0.29) is 11.3 Å². The number of carbonyl (C=O) groups excluding carboxylic acids is 1. The van der Waals surface area contributed by atoms with E-state index >= 15 is 0 Å². The van der Waals surface area contributed by atoms with Crippen LogP contribution in [0.15, 0.2) is 12.1 Å². The number of hydrogen-bond acceptors (Lipinski definition) is 2. The molecule has 0 fully saturated rings. The lowest BCUT2D eigenvalue weighted by Gasteiger charge is -2.08. The lowest BCUT2D eigenvalue weighted by Crippen LogP contribution is -2.25. The molecule has 0 saturated carbocycles. The van der Waals surface area contributed by atoms with Crippen molar-refractivity contribution in [1.82, 2.24) is 5.32 Å². The number of rotatable bonds is 6. The van der Waals surface area contributed by atoms with Crippen molar-refractivity contribution in [2.75, 3.05) is 12.3 Å². The highest BCUT2D eigenvalue weighted by molar-refractivity contribution is 5.95. The van der Waals surface area contributed by atoms with Crippen LogP contribution in [0.4, 0.5) is 14.5 Å². The molecule has 0 spiro atoms. The molecule has 0 saturated heterocycles. The van der Waals surface area contributed by atoms with Crippen molar-refractivity contribution < 1.29 is 13.6 Å². The topological polar surface area (TPSA) is 55.1 Å². The van der Waals surface area contributed by atoms with Crippen LogP contribution in [0.1, 0.15) is 43.5 Å². The van der Waals surface area contributed by atoms with E-state index in [2.05, 4.69) is 19.2 Å². The number of nitrogen functional groups attached to an aromatic ring is 1. The van der Waals surface area contributed by atoms with E-state index in [1.54, 1.807) is 0 Å². The highest BCUT2D eigenvalue weighted by Gasteiger charge is 2.14. The summed E-state index contributed by atoms with van der Waals surface area (Å²) in [6.07, 6.45) is 2.93. The van der Waals surface area contributed by atoms with Gasteiger partial charge in [-0.3, -0.25) is 4.79 Å². The number of benzene rings is 1. The molecular formula is C14H20F2N2O. The SMILES string of the molecule is CC(C)CCCCNC(=O)c1cc(N)c(F)cc1F. The van der Waals surface area contributed by atoms with E-state index in [1.807, 2.05) is 0 Å². The Labute approximate surface area is 112 Å². The number of carbonyl (C=O) groups is 1. The average Bonchev–Trinajstić information content (AvgIpc) is 2.32. The molecule has 0 aliphatic heterocycles. The van der Waals surface area contributed by atoms with Gasteiger partial charge in [-0.2, -0.15) is 0 Å². The standard InChI is InChI=1S/C14H20F2N2O/c1-9(2)5-3-4-6-18-14(19)10-7-13(17)12(16)8-11(10)15/h7-9H,3-6,17H2,1-2H3,(H,18,19). The van der Waals surface area contributed by atoms with Gasteiger partial charge in [-0.1, -0.05) is 26.7 Å². The van der Waals surface area contributed by atoms with E-state index in [0.717, 1.165) is 25.3 Å². The van der Waals surface area contributed by atoms with Gasteiger partial charge < -0.3 is 11.1 Å². The van der Waals surface area contributed by atoms with Gasteiger partial charge in [0, 0.05) is 12.6 Å². The molecule has 3 nitrogen and oxygen atoms in total. The number of nitrogens with two attached hydrogens (primary N) is 1. The molecule has 0 bridgehead atoms. The van der Waals surface area contributed by atoms with Crippen molar-refractivity contribution in [2.45, 2.75) is 33.1 Å². The second-order valence-electron chi connectivity index (χ2n) is 5.00. The maximum Gasteiger partial charge on any atom is 0.254 e. The summed E-state index contributed by atoms with van der Waals surface area (Å²) in [5.74, 6) is -1.68. The highest BCUT2D eigenvalue weighted by Crippen LogP contribution is 2.16. The first kappa shape index (κ1) is 15.4. The van der Waals surface area contributed by atoms with Gasteiger partial charge in [0.25, 0.3) is 5.91 Å². The third-order valence-electron chi connectivity index (χ3n) is 2.82. The van der Waals surface area contributed by atoms with Crippen LogP contribution in [0.3, 0.4) is 0 Å². The van der Waals surface area contributed by atoms with E-state index in [9.17, 15) is 13.6 Å². The Bertz CT molecular complexity index is 447. The minimum absolute atomic E-state index is 0.220. The molecule has 0 aliphatic carbocycles. The quantitative estimate of drug-likeness (QED) is 0.616. The summed E-state index contributed by atoms with van der Waals surface area (Å²) in [7, 11) is 0. The summed E-state index contributed by atoms with van der Waals surface area (Å²) >= 11 is 0. The monoisotopic (exact) mass is 270 g/mol. The summed E-state index contributed by atoms with van der Waals surface area (Å²) in [5, 5.41) is 2.60. The van der Waals surface area contributed by atoms with Gasteiger partial charge in [-0.15, -0.1) is 0 Å². The number of nitrogens with one attached hydrogen (secondary N) is 1. The summed E-state index contributed by atoms with van der Waals surface area (Å²) < 4.78 is 26.4.